The van der Waals surface area contributed by atoms with Gasteiger partial charge in [-0.2, -0.15) is 0 Å². The van der Waals surface area contributed by atoms with Crippen molar-refractivity contribution in [2.45, 2.75) is 13.5 Å². The molecule has 0 spiro atoms. The molecule has 0 saturated carbocycles. The lowest BCUT2D eigenvalue weighted by Crippen LogP contribution is -2.07. The summed E-state index contributed by atoms with van der Waals surface area (Å²) in [6.45, 7) is 1.98. The van der Waals surface area contributed by atoms with Gasteiger partial charge >= 0.3 is 0 Å². The number of methoxy groups -OCH3 is 1. The zero-order valence-corrected chi connectivity index (χ0v) is 10.3. The zero-order chi connectivity index (χ0) is 13.1. The lowest BCUT2D eigenvalue weighted by atomic mass is 10.2. The Labute approximate surface area is 105 Å². The Kier molecular flexibility index (Phi) is 3.46. The molecule has 4 heteroatoms. The number of nitrogens with zero attached hydrogens (tertiary/aromatic N) is 1. The Bertz CT molecular complexity index is 575. The van der Waals surface area contributed by atoms with Crippen LogP contribution in [0.15, 0.2) is 36.5 Å². The number of ether oxygens (including phenoxy) is 1. The van der Waals surface area contributed by atoms with Gasteiger partial charge in [-0.15, -0.1) is 0 Å². The van der Waals surface area contributed by atoms with Crippen LogP contribution in [0, 0.1) is 5.82 Å². The first-order chi connectivity index (χ1) is 8.61. The predicted octanol–water partition coefficient (Wildman–Crippen LogP) is 2.89. The van der Waals surface area contributed by atoms with Crippen LogP contribution in [0.5, 0.6) is 5.75 Å². The molecule has 0 aliphatic rings. The molecule has 1 heterocycles. The maximum Gasteiger partial charge on any atom is 0.176 e. The average molecular weight is 247 g/mol. The van der Waals surface area contributed by atoms with Crippen LogP contribution in [0.2, 0.25) is 0 Å². The fourth-order valence-electron chi connectivity index (χ4n) is 1.88. The molecule has 3 nitrogen and oxygen atoms in total. The van der Waals surface area contributed by atoms with Crippen LogP contribution in [0.3, 0.4) is 0 Å². The number of carbonyl (C=O) groups is 1. The van der Waals surface area contributed by atoms with Gasteiger partial charge in [0.2, 0.25) is 0 Å². The van der Waals surface area contributed by atoms with Crippen LogP contribution in [0.1, 0.15) is 23.0 Å². The summed E-state index contributed by atoms with van der Waals surface area (Å²) in [5.74, 6) is -0.182. The first kappa shape index (κ1) is 12.4. The summed E-state index contributed by atoms with van der Waals surface area (Å²) in [4.78, 5) is 11.4. The summed E-state index contributed by atoms with van der Waals surface area (Å²) >= 11 is 0. The third-order valence-electron chi connectivity index (χ3n) is 2.76. The van der Waals surface area contributed by atoms with Crippen molar-refractivity contribution < 1.29 is 13.9 Å². The Morgan fingerprint density at radius 2 is 2.17 bits per heavy atom. The van der Waals surface area contributed by atoms with Gasteiger partial charge < -0.3 is 9.30 Å². The highest BCUT2D eigenvalue weighted by molar-refractivity contribution is 5.92. The first-order valence-corrected chi connectivity index (χ1v) is 5.60. The Balaban J connectivity index is 2.26. The fourth-order valence-corrected chi connectivity index (χ4v) is 1.88. The maximum atomic E-state index is 13.5. The van der Waals surface area contributed by atoms with E-state index in [1.54, 1.807) is 35.0 Å². The maximum absolute atomic E-state index is 13.5. The van der Waals surface area contributed by atoms with Crippen LogP contribution >= 0.6 is 0 Å². The van der Waals surface area contributed by atoms with Crippen LogP contribution < -0.4 is 4.74 Å². The molecule has 0 aliphatic carbocycles. The van der Waals surface area contributed by atoms with Crippen LogP contribution in [-0.2, 0) is 6.54 Å². The molecule has 0 unspecified atom stereocenters. The molecule has 0 saturated heterocycles. The monoisotopic (exact) mass is 247 g/mol. The Morgan fingerprint density at radius 3 is 2.78 bits per heavy atom. The molecule has 0 radical (unpaired) electrons. The number of rotatable bonds is 4. The molecule has 0 N–H and O–H groups in total. The highest BCUT2D eigenvalue weighted by Gasteiger charge is 2.08. The molecule has 2 rings (SSSR count). The minimum Gasteiger partial charge on any atom is -0.494 e. The number of Topliss-reactive ketones (excluding diaryl/α,β-unsaturated/α-hetero) is 1. The smallest absolute Gasteiger partial charge is 0.176 e. The average Bonchev–Trinajstić information content (AvgIpc) is 2.77. The van der Waals surface area contributed by atoms with Gasteiger partial charge in [-0.25, -0.2) is 4.39 Å². The van der Waals surface area contributed by atoms with Crippen LogP contribution in [-0.4, -0.2) is 17.5 Å². The van der Waals surface area contributed by atoms with Gasteiger partial charge in [0.25, 0.3) is 0 Å². The predicted molar refractivity (Wildman–Crippen MR) is 66.5 cm³/mol. The second-order valence-corrected chi connectivity index (χ2v) is 4.05. The number of hydrogen-bond acceptors (Lipinski definition) is 2. The molecule has 0 amide bonds. The number of benzene rings is 1. The number of ketones is 1. The minimum atomic E-state index is -0.397. The molecule has 2 aromatic rings. The van der Waals surface area contributed by atoms with E-state index in [4.69, 9.17) is 4.74 Å². The zero-order valence-electron chi connectivity index (χ0n) is 10.3. The highest BCUT2D eigenvalue weighted by atomic mass is 19.1. The number of carbonyl (C=O) groups excluding carboxylic acids is 1. The second-order valence-electron chi connectivity index (χ2n) is 4.05. The third kappa shape index (κ3) is 2.42. The van der Waals surface area contributed by atoms with Crippen molar-refractivity contribution in [2.75, 3.05) is 7.11 Å². The van der Waals surface area contributed by atoms with E-state index in [1.807, 2.05) is 0 Å². The van der Waals surface area contributed by atoms with Crippen molar-refractivity contribution in [3.63, 3.8) is 0 Å². The molecule has 94 valence electrons. The largest absolute Gasteiger partial charge is 0.494 e. The van der Waals surface area contributed by atoms with Crippen LogP contribution in [0.25, 0.3) is 0 Å². The number of hydrogen-bond donors (Lipinski definition) is 0. The van der Waals surface area contributed by atoms with Gasteiger partial charge in [-0.1, -0.05) is 6.07 Å². The topological polar surface area (TPSA) is 31.2 Å². The van der Waals surface area contributed by atoms with Gasteiger partial charge in [-0.3, -0.25) is 4.79 Å². The Hall–Kier alpha value is -2.10. The van der Waals surface area contributed by atoms with E-state index in [2.05, 4.69) is 0 Å². The SMILES string of the molecule is COc1ccc(Cn2cccc2C(C)=O)cc1F. The normalized spacial score (nSPS) is 10.4. The van der Waals surface area contributed by atoms with E-state index in [0.29, 0.717) is 12.2 Å². The number of aromatic nitrogens is 1. The van der Waals surface area contributed by atoms with Gasteiger partial charge in [0.15, 0.2) is 17.3 Å². The van der Waals surface area contributed by atoms with E-state index < -0.39 is 5.82 Å². The Morgan fingerprint density at radius 1 is 1.39 bits per heavy atom. The second kappa shape index (κ2) is 5.04. The van der Waals surface area contributed by atoms with E-state index in [1.165, 1.54) is 20.1 Å². The molecule has 1 aromatic heterocycles. The van der Waals surface area contributed by atoms with E-state index in [0.717, 1.165) is 5.56 Å². The molecule has 0 fully saturated rings. The third-order valence-corrected chi connectivity index (χ3v) is 2.76. The van der Waals surface area contributed by atoms with Gasteiger partial charge in [0.1, 0.15) is 0 Å². The van der Waals surface area contributed by atoms with Crippen molar-refractivity contribution in [1.82, 2.24) is 4.57 Å². The van der Waals surface area contributed by atoms with Crippen LogP contribution in [0.4, 0.5) is 4.39 Å². The van der Waals surface area contributed by atoms with Crippen molar-refractivity contribution >= 4 is 5.78 Å². The van der Waals surface area contributed by atoms with Gasteiger partial charge in [0.05, 0.1) is 12.8 Å². The summed E-state index contributed by atoms with van der Waals surface area (Å²) in [7, 11) is 1.43. The quantitative estimate of drug-likeness (QED) is 0.778. The molecule has 0 bridgehead atoms. The van der Waals surface area contributed by atoms with Crippen molar-refractivity contribution in [1.29, 1.82) is 0 Å². The van der Waals surface area contributed by atoms with Crippen molar-refractivity contribution in [3.05, 3.63) is 53.6 Å². The summed E-state index contributed by atoms with van der Waals surface area (Å²) in [6.07, 6.45) is 1.80. The molecule has 1 aromatic carbocycles. The fraction of sp³-hybridized carbons (Fsp3) is 0.214. The van der Waals surface area contributed by atoms with Gasteiger partial charge in [-0.05, 0) is 29.8 Å². The molecule has 0 aliphatic heterocycles. The van der Waals surface area contributed by atoms with E-state index in [9.17, 15) is 9.18 Å². The summed E-state index contributed by atoms with van der Waals surface area (Å²) in [5, 5.41) is 0. The molecular weight excluding hydrogens is 233 g/mol. The molecule has 18 heavy (non-hydrogen) atoms. The minimum absolute atomic E-state index is 0.00557. The van der Waals surface area contributed by atoms with E-state index >= 15 is 0 Å². The van der Waals surface area contributed by atoms with E-state index in [-0.39, 0.29) is 11.5 Å². The summed E-state index contributed by atoms with van der Waals surface area (Å²) in [6, 6.07) is 8.34. The lowest BCUT2D eigenvalue weighted by Gasteiger charge is -2.08. The van der Waals surface area contributed by atoms with Gasteiger partial charge in [0, 0.05) is 19.7 Å². The van der Waals surface area contributed by atoms with Crippen molar-refractivity contribution in [2.24, 2.45) is 0 Å². The number of halogens is 1. The van der Waals surface area contributed by atoms with Crippen molar-refractivity contribution in [3.8, 4) is 5.75 Å². The standard InChI is InChI=1S/C14H14FNO2/c1-10(17)13-4-3-7-16(13)9-11-5-6-14(18-2)12(15)8-11/h3-8H,9H2,1-2H3. The molecule has 0 atom stereocenters. The molecular formula is C14H14FNO2. The highest BCUT2D eigenvalue weighted by Crippen LogP contribution is 2.18. The first-order valence-electron chi connectivity index (χ1n) is 5.60. The summed E-state index contributed by atoms with van der Waals surface area (Å²) in [5.41, 5.74) is 1.40. The summed E-state index contributed by atoms with van der Waals surface area (Å²) < 4.78 is 20.2. The lowest BCUT2D eigenvalue weighted by molar-refractivity contribution is 0.100.